The van der Waals surface area contributed by atoms with Crippen LogP contribution in [0.2, 0.25) is 0 Å². The van der Waals surface area contributed by atoms with Gasteiger partial charge in [-0.25, -0.2) is 0 Å². The van der Waals surface area contributed by atoms with Crippen LogP contribution in [0.4, 0.5) is 5.69 Å². The third-order valence-electron chi connectivity index (χ3n) is 5.29. The molecule has 0 fully saturated rings. The number of fused-ring (bicyclic) bond motifs is 1. The van der Waals surface area contributed by atoms with Crippen molar-refractivity contribution in [1.82, 2.24) is 14.3 Å². The van der Waals surface area contributed by atoms with Gasteiger partial charge in [0.2, 0.25) is 5.91 Å². The zero-order valence-corrected chi connectivity index (χ0v) is 16.6. The molecular formula is C21H28N4O. The summed E-state index contributed by atoms with van der Waals surface area (Å²) in [6.45, 7) is 13.4. The highest BCUT2D eigenvalue weighted by Crippen LogP contribution is 2.24. The Morgan fingerprint density at radius 3 is 2.54 bits per heavy atom. The lowest BCUT2D eigenvalue weighted by Gasteiger charge is -2.14. The van der Waals surface area contributed by atoms with Gasteiger partial charge in [-0.15, -0.1) is 0 Å². The van der Waals surface area contributed by atoms with E-state index in [1.54, 1.807) is 0 Å². The highest BCUT2D eigenvalue weighted by molar-refractivity contribution is 5.94. The van der Waals surface area contributed by atoms with Gasteiger partial charge in [-0.05, 0) is 71.4 Å². The van der Waals surface area contributed by atoms with Crippen LogP contribution >= 0.6 is 0 Å². The van der Waals surface area contributed by atoms with Crippen molar-refractivity contribution in [2.24, 2.45) is 0 Å². The Hall–Kier alpha value is -2.56. The monoisotopic (exact) mass is 352 g/mol. The van der Waals surface area contributed by atoms with Crippen molar-refractivity contribution in [2.45, 2.75) is 60.5 Å². The van der Waals surface area contributed by atoms with Crippen LogP contribution in [0.5, 0.6) is 0 Å². The number of anilines is 1. The van der Waals surface area contributed by atoms with Gasteiger partial charge < -0.3 is 9.88 Å². The molecule has 5 heteroatoms. The standard InChI is InChI=1S/C21H28N4O/c1-7-24-13(2)10-18-12-19(8-9-20(18)24)22-21(26)11-14(3)25-17(6)15(4)16(5)23-25/h8-10,12,14H,7,11H2,1-6H3,(H,22,26)/t14-/m0/s1. The van der Waals surface area contributed by atoms with Gasteiger partial charge >= 0.3 is 0 Å². The lowest BCUT2D eigenvalue weighted by atomic mass is 10.2. The number of rotatable bonds is 5. The molecule has 1 atom stereocenters. The first-order chi connectivity index (χ1) is 12.3. The number of aryl methyl sites for hydroxylation is 3. The second kappa shape index (κ2) is 6.98. The fourth-order valence-corrected chi connectivity index (χ4v) is 3.65. The maximum Gasteiger partial charge on any atom is 0.226 e. The minimum Gasteiger partial charge on any atom is -0.345 e. The highest BCUT2D eigenvalue weighted by Gasteiger charge is 2.16. The van der Waals surface area contributed by atoms with Crippen molar-refractivity contribution in [3.05, 3.63) is 46.9 Å². The molecule has 3 aromatic rings. The van der Waals surface area contributed by atoms with Crippen LogP contribution in [0, 0.1) is 27.7 Å². The lowest BCUT2D eigenvalue weighted by molar-refractivity contribution is -0.116. The Balaban J connectivity index is 1.73. The Kier molecular flexibility index (Phi) is 4.90. The number of amides is 1. The molecule has 0 unspecified atom stereocenters. The van der Waals surface area contributed by atoms with E-state index >= 15 is 0 Å². The fourth-order valence-electron chi connectivity index (χ4n) is 3.65. The van der Waals surface area contributed by atoms with Crippen LogP contribution in [0.1, 0.15) is 49.0 Å². The third kappa shape index (κ3) is 3.26. The quantitative estimate of drug-likeness (QED) is 0.725. The van der Waals surface area contributed by atoms with Gasteiger partial charge in [0.1, 0.15) is 0 Å². The molecule has 0 aliphatic heterocycles. The van der Waals surface area contributed by atoms with E-state index in [0.29, 0.717) is 6.42 Å². The van der Waals surface area contributed by atoms with Crippen LogP contribution in [-0.2, 0) is 11.3 Å². The minimum absolute atomic E-state index is 0.00806. The normalized spacial score (nSPS) is 12.5. The maximum absolute atomic E-state index is 12.5. The molecule has 0 saturated heterocycles. The number of hydrogen-bond acceptors (Lipinski definition) is 2. The molecular weight excluding hydrogens is 324 g/mol. The van der Waals surface area contributed by atoms with Crippen LogP contribution in [-0.4, -0.2) is 20.3 Å². The summed E-state index contributed by atoms with van der Waals surface area (Å²) >= 11 is 0. The van der Waals surface area contributed by atoms with Gasteiger partial charge in [-0.3, -0.25) is 9.48 Å². The lowest BCUT2D eigenvalue weighted by Crippen LogP contribution is -2.19. The number of benzene rings is 1. The summed E-state index contributed by atoms with van der Waals surface area (Å²) < 4.78 is 4.23. The molecule has 26 heavy (non-hydrogen) atoms. The summed E-state index contributed by atoms with van der Waals surface area (Å²) in [5, 5.41) is 8.76. The number of carbonyl (C=O) groups excluding carboxylic acids is 1. The van der Waals surface area contributed by atoms with E-state index in [1.165, 1.54) is 16.8 Å². The second-order valence-corrected chi connectivity index (χ2v) is 7.15. The van der Waals surface area contributed by atoms with E-state index < -0.39 is 0 Å². The van der Waals surface area contributed by atoms with Crippen LogP contribution < -0.4 is 5.32 Å². The molecule has 0 bridgehead atoms. The topological polar surface area (TPSA) is 51.9 Å². The molecule has 0 spiro atoms. The van der Waals surface area contributed by atoms with E-state index in [4.69, 9.17) is 0 Å². The van der Waals surface area contributed by atoms with Crippen LogP contribution in [0.15, 0.2) is 24.3 Å². The van der Waals surface area contributed by atoms with Gasteiger partial charge in [0.15, 0.2) is 0 Å². The SMILES string of the molecule is CCn1c(C)cc2cc(NC(=O)C[C@H](C)n3nc(C)c(C)c3C)ccc21. The first-order valence-electron chi connectivity index (χ1n) is 9.23. The summed E-state index contributed by atoms with van der Waals surface area (Å²) in [6.07, 6.45) is 0.397. The van der Waals surface area contributed by atoms with Crippen molar-refractivity contribution in [2.75, 3.05) is 5.32 Å². The third-order valence-corrected chi connectivity index (χ3v) is 5.29. The molecule has 2 aromatic heterocycles. The molecule has 0 aliphatic carbocycles. The fraction of sp³-hybridized carbons (Fsp3) is 0.429. The molecule has 1 amide bonds. The van der Waals surface area contributed by atoms with Gasteiger partial charge in [0.05, 0.1) is 11.7 Å². The predicted molar refractivity (Wildman–Crippen MR) is 107 cm³/mol. The summed E-state index contributed by atoms with van der Waals surface area (Å²) in [6, 6.07) is 8.29. The smallest absolute Gasteiger partial charge is 0.226 e. The van der Waals surface area contributed by atoms with E-state index in [2.05, 4.69) is 54.8 Å². The zero-order valence-electron chi connectivity index (χ0n) is 16.6. The maximum atomic E-state index is 12.5. The van der Waals surface area contributed by atoms with Crippen LogP contribution in [0.3, 0.4) is 0 Å². The molecule has 0 saturated carbocycles. The molecule has 138 valence electrons. The Bertz CT molecular complexity index is 964. The summed E-state index contributed by atoms with van der Waals surface area (Å²) in [4.78, 5) is 12.5. The number of nitrogens with zero attached hydrogens (tertiary/aromatic N) is 3. The highest BCUT2D eigenvalue weighted by atomic mass is 16.1. The Morgan fingerprint density at radius 2 is 1.92 bits per heavy atom. The van der Waals surface area contributed by atoms with E-state index in [9.17, 15) is 4.79 Å². The Labute approximate surface area is 155 Å². The van der Waals surface area contributed by atoms with Crippen molar-refractivity contribution in [1.29, 1.82) is 0 Å². The summed E-state index contributed by atoms with van der Waals surface area (Å²) in [7, 11) is 0. The molecule has 1 N–H and O–H groups in total. The summed E-state index contributed by atoms with van der Waals surface area (Å²) in [5.74, 6) is 0.00806. The van der Waals surface area contributed by atoms with Crippen molar-refractivity contribution in [3.63, 3.8) is 0 Å². The van der Waals surface area contributed by atoms with E-state index in [-0.39, 0.29) is 11.9 Å². The first-order valence-corrected chi connectivity index (χ1v) is 9.23. The van der Waals surface area contributed by atoms with Crippen molar-refractivity contribution in [3.8, 4) is 0 Å². The number of carbonyl (C=O) groups is 1. The van der Waals surface area contributed by atoms with Gasteiger partial charge in [-0.1, -0.05) is 0 Å². The minimum atomic E-state index is 0.00806. The number of aromatic nitrogens is 3. The number of nitrogens with one attached hydrogen (secondary N) is 1. The predicted octanol–water partition coefficient (Wildman–Crippen LogP) is 4.68. The second-order valence-electron chi connectivity index (χ2n) is 7.15. The van der Waals surface area contributed by atoms with E-state index in [0.717, 1.165) is 29.0 Å². The Morgan fingerprint density at radius 1 is 1.19 bits per heavy atom. The average Bonchev–Trinajstić information content (AvgIpc) is 3.04. The number of hydrogen-bond donors (Lipinski definition) is 1. The first kappa shape index (κ1) is 18.2. The summed E-state index contributed by atoms with van der Waals surface area (Å²) in [5.41, 5.74) is 6.62. The van der Waals surface area contributed by atoms with E-state index in [1.807, 2.05) is 30.7 Å². The molecule has 0 aliphatic rings. The van der Waals surface area contributed by atoms with Crippen molar-refractivity contribution >= 4 is 22.5 Å². The average molecular weight is 352 g/mol. The zero-order chi connectivity index (χ0) is 19.0. The van der Waals surface area contributed by atoms with Crippen molar-refractivity contribution < 1.29 is 4.79 Å². The molecule has 3 rings (SSSR count). The molecule has 0 radical (unpaired) electrons. The largest absolute Gasteiger partial charge is 0.345 e. The van der Waals surface area contributed by atoms with Gasteiger partial charge in [0, 0.05) is 40.9 Å². The van der Waals surface area contributed by atoms with Gasteiger partial charge in [0.25, 0.3) is 0 Å². The molecule has 1 aromatic carbocycles. The van der Waals surface area contributed by atoms with Crippen LogP contribution in [0.25, 0.3) is 10.9 Å². The molecule has 2 heterocycles. The molecule has 5 nitrogen and oxygen atoms in total. The van der Waals surface area contributed by atoms with Gasteiger partial charge in [-0.2, -0.15) is 5.10 Å².